The van der Waals surface area contributed by atoms with Gasteiger partial charge in [0.25, 0.3) is 0 Å². The van der Waals surface area contributed by atoms with Crippen molar-refractivity contribution in [3.8, 4) is 0 Å². The van der Waals surface area contributed by atoms with Crippen LogP contribution >= 0.6 is 0 Å². The molecule has 0 saturated carbocycles. The van der Waals surface area contributed by atoms with Crippen molar-refractivity contribution in [1.29, 1.82) is 0 Å². The Labute approximate surface area is 108 Å². The first-order valence-corrected chi connectivity index (χ1v) is 6.24. The molecule has 0 fully saturated rings. The summed E-state index contributed by atoms with van der Waals surface area (Å²) in [5.74, 6) is 0.675. The monoisotopic (exact) mass is 251 g/mol. The quantitative estimate of drug-likeness (QED) is 0.594. The molecule has 0 atom stereocenters. The van der Waals surface area contributed by atoms with Crippen molar-refractivity contribution in [1.82, 2.24) is 9.97 Å². The zero-order chi connectivity index (χ0) is 13.4. The highest BCUT2D eigenvalue weighted by Crippen LogP contribution is 2.06. The number of esters is 1. The molecule has 1 aromatic heterocycles. The summed E-state index contributed by atoms with van der Waals surface area (Å²) in [6.07, 6.45) is 5.12. The molecule has 1 N–H and O–H groups in total. The van der Waals surface area contributed by atoms with Crippen molar-refractivity contribution in [3.05, 3.63) is 17.6 Å². The van der Waals surface area contributed by atoms with Crippen LogP contribution in [-0.2, 0) is 9.53 Å². The van der Waals surface area contributed by atoms with Crippen molar-refractivity contribution in [3.63, 3.8) is 0 Å². The molecule has 0 aliphatic rings. The van der Waals surface area contributed by atoms with Crippen LogP contribution in [0.2, 0.25) is 0 Å². The number of nitrogens with zero attached hydrogens (tertiary/aromatic N) is 2. The lowest BCUT2D eigenvalue weighted by atomic mass is 10.2. The molecule has 0 aliphatic carbocycles. The van der Waals surface area contributed by atoms with E-state index in [1.54, 1.807) is 6.20 Å². The minimum Gasteiger partial charge on any atom is -0.469 e. The molecule has 100 valence electrons. The second kappa shape index (κ2) is 7.63. The fourth-order valence-corrected chi connectivity index (χ4v) is 1.52. The van der Waals surface area contributed by atoms with E-state index in [2.05, 4.69) is 20.0 Å². The molecule has 0 spiro atoms. The van der Waals surface area contributed by atoms with Gasteiger partial charge in [-0.25, -0.2) is 4.98 Å². The summed E-state index contributed by atoms with van der Waals surface area (Å²) in [6, 6.07) is 0. The number of aryl methyl sites for hydroxylation is 2. The summed E-state index contributed by atoms with van der Waals surface area (Å²) in [4.78, 5) is 19.5. The van der Waals surface area contributed by atoms with Crippen LogP contribution in [0.25, 0.3) is 0 Å². The van der Waals surface area contributed by atoms with Gasteiger partial charge >= 0.3 is 5.97 Å². The molecule has 18 heavy (non-hydrogen) atoms. The minimum atomic E-state index is -0.136. The molecule has 5 nitrogen and oxygen atoms in total. The Balaban J connectivity index is 2.14. The van der Waals surface area contributed by atoms with Gasteiger partial charge in [0, 0.05) is 13.0 Å². The van der Waals surface area contributed by atoms with E-state index in [1.165, 1.54) is 7.11 Å². The van der Waals surface area contributed by atoms with Crippen LogP contribution in [0.1, 0.15) is 37.1 Å². The second-order valence-corrected chi connectivity index (χ2v) is 4.24. The molecule has 1 heterocycles. The molecule has 0 radical (unpaired) electrons. The van der Waals surface area contributed by atoms with E-state index in [4.69, 9.17) is 0 Å². The summed E-state index contributed by atoms with van der Waals surface area (Å²) >= 11 is 0. The minimum absolute atomic E-state index is 0.136. The Morgan fingerprint density at radius 2 is 2.06 bits per heavy atom. The number of anilines is 1. The predicted molar refractivity (Wildman–Crippen MR) is 70.5 cm³/mol. The maximum absolute atomic E-state index is 10.9. The van der Waals surface area contributed by atoms with Crippen molar-refractivity contribution in [2.24, 2.45) is 0 Å². The zero-order valence-electron chi connectivity index (χ0n) is 11.3. The molecule has 0 saturated heterocycles. The Kier molecular flexibility index (Phi) is 6.11. The number of unbranched alkanes of at least 4 members (excludes halogenated alkanes) is 2. The predicted octanol–water partition coefficient (Wildman–Crippen LogP) is 2.24. The topological polar surface area (TPSA) is 64.1 Å². The van der Waals surface area contributed by atoms with Crippen LogP contribution < -0.4 is 5.32 Å². The maximum Gasteiger partial charge on any atom is 0.305 e. The highest BCUT2D eigenvalue weighted by atomic mass is 16.5. The average molecular weight is 251 g/mol. The zero-order valence-corrected chi connectivity index (χ0v) is 11.3. The summed E-state index contributed by atoms with van der Waals surface area (Å²) < 4.78 is 4.58. The number of aromatic nitrogens is 2. The number of hydrogen-bond acceptors (Lipinski definition) is 5. The van der Waals surface area contributed by atoms with E-state index < -0.39 is 0 Å². The number of carbonyl (C=O) groups is 1. The van der Waals surface area contributed by atoms with Crippen LogP contribution in [0.3, 0.4) is 0 Å². The number of hydrogen-bond donors (Lipinski definition) is 1. The van der Waals surface area contributed by atoms with Gasteiger partial charge in [-0.05, 0) is 26.7 Å². The average Bonchev–Trinajstić information content (AvgIpc) is 2.37. The second-order valence-electron chi connectivity index (χ2n) is 4.24. The first-order chi connectivity index (χ1) is 8.63. The summed E-state index contributed by atoms with van der Waals surface area (Å²) in [5.41, 5.74) is 1.91. The fourth-order valence-electron chi connectivity index (χ4n) is 1.52. The Morgan fingerprint density at radius 3 is 2.72 bits per heavy atom. The van der Waals surface area contributed by atoms with Crippen LogP contribution in [0.5, 0.6) is 0 Å². The standard InChI is InChI=1S/C13H21N3O2/c1-10-11(2)16-12(9-15-10)14-8-6-4-5-7-13(17)18-3/h9H,4-8H2,1-3H3,(H,14,16). The van der Waals surface area contributed by atoms with E-state index in [0.717, 1.165) is 43.0 Å². The molecule has 0 amide bonds. The summed E-state index contributed by atoms with van der Waals surface area (Å²) in [5, 5.41) is 3.23. The van der Waals surface area contributed by atoms with Crippen molar-refractivity contribution < 1.29 is 9.53 Å². The van der Waals surface area contributed by atoms with E-state index in [-0.39, 0.29) is 5.97 Å². The van der Waals surface area contributed by atoms with Gasteiger partial charge in [-0.15, -0.1) is 0 Å². The Morgan fingerprint density at radius 1 is 1.28 bits per heavy atom. The van der Waals surface area contributed by atoms with Crippen molar-refractivity contribution in [2.75, 3.05) is 19.0 Å². The lowest BCUT2D eigenvalue weighted by Crippen LogP contribution is -2.06. The maximum atomic E-state index is 10.9. The van der Waals surface area contributed by atoms with Gasteiger partial charge in [-0.3, -0.25) is 9.78 Å². The van der Waals surface area contributed by atoms with Gasteiger partial charge in [0.2, 0.25) is 0 Å². The van der Waals surface area contributed by atoms with E-state index >= 15 is 0 Å². The lowest BCUT2D eigenvalue weighted by Gasteiger charge is -2.06. The summed E-state index contributed by atoms with van der Waals surface area (Å²) in [7, 11) is 1.42. The van der Waals surface area contributed by atoms with Crippen LogP contribution in [-0.4, -0.2) is 29.6 Å². The third-order valence-corrected chi connectivity index (χ3v) is 2.78. The fraction of sp³-hybridized carbons (Fsp3) is 0.615. The molecule has 0 bridgehead atoms. The van der Waals surface area contributed by atoms with Gasteiger partial charge in [-0.2, -0.15) is 0 Å². The Hall–Kier alpha value is -1.65. The molecule has 0 aliphatic heterocycles. The third kappa shape index (κ3) is 5.12. The van der Waals surface area contributed by atoms with E-state index in [0.29, 0.717) is 6.42 Å². The molecule has 0 aromatic carbocycles. The number of methoxy groups -OCH3 is 1. The molecule has 0 unspecified atom stereocenters. The van der Waals surface area contributed by atoms with Gasteiger partial charge in [0.05, 0.1) is 24.7 Å². The smallest absolute Gasteiger partial charge is 0.305 e. The number of carbonyl (C=O) groups excluding carboxylic acids is 1. The largest absolute Gasteiger partial charge is 0.469 e. The molecular weight excluding hydrogens is 230 g/mol. The SMILES string of the molecule is COC(=O)CCCCCNc1cnc(C)c(C)n1. The molecule has 1 rings (SSSR count). The first-order valence-electron chi connectivity index (χ1n) is 6.24. The number of nitrogens with one attached hydrogen (secondary N) is 1. The van der Waals surface area contributed by atoms with E-state index in [9.17, 15) is 4.79 Å². The molecular formula is C13H21N3O2. The number of rotatable bonds is 7. The van der Waals surface area contributed by atoms with Gasteiger partial charge < -0.3 is 10.1 Å². The highest BCUT2D eigenvalue weighted by molar-refractivity contribution is 5.68. The van der Waals surface area contributed by atoms with Crippen LogP contribution in [0.15, 0.2) is 6.20 Å². The first kappa shape index (κ1) is 14.4. The third-order valence-electron chi connectivity index (χ3n) is 2.78. The lowest BCUT2D eigenvalue weighted by molar-refractivity contribution is -0.140. The van der Waals surface area contributed by atoms with Gasteiger partial charge in [0.15, 0.2) is 0 Å². The number of ether oxygens (including phenoxy) is 1. The van der Waals surface area contributed by atoms with Crippen molar-refractivity contribution >= 4 is 11.8 Å². The van der Waals surface area contributed by atoms with Crippen LogP contribution in [0.4, 0.5) is 5.82 Å². The van der Waals surface area contributed by atoms with Crippen LogP contribution in [0, 0.1) is 13.8 Å². The summed E-state index contributed by atoms with van der Waals surface area (Å²) in [6.45, 7) is 4.74. The normalized spacial score (nSPS) is 10.2. The van der Waals surface area contributed by atoms with E-state index in [1.807, 2.05) is 13.8 Å². The van der Waals surface area contributed by atoms with Gasteiger partial charge in [0.1, 0.15) is 5.82 Å². The molecule has 5 heteroatoms. The highest BCUT2D eigenvalue weighted by Gasteiger charge is 2.00. The Bertz CT molecular complexity index is 394. The molecule has 1 aromatic rings. The van der Waals surface area contributed by atoms with Gasteiger partial charge in [-0.1, -0.05) is 6.42 Å². The van der Waals surface area contributed by atoms with Crippen molar-refractivity contribution in [2.45, 2.75) is 39.5 Å².